The van der Waals surface area contributed by atoms with Crippen LogP contribution in [0, 0.1) is 6.92 Å². The molecule has 4 aromatic rings. The highest BCUT2D eigenvalue weighted by Crippen LogP contribution is 2.31. The Hall–Kier alpha value is -3.03. The lowest BCUT2D eigenvalue weighted by Crippen LogP contribution is -2.14. The first-order valence-electron chi connectivity index (χ1n) is 9.96. The van der Waals surface area contributed by atoms with Gasteiger partial charge in [0.1, 0.15) is 5.01 Å². The third-order valence-corrected chi connectivity index (χ3v) is 7.76. The number of sulfone groups is 1. The second-order valence-electron chi connectivity index (χ2n) is 7.35. The van der Waals surface area contributed by atoms with Crippen molar-refractivity contribution in [1.29, 1.82) is 0 Å². The van der Waals surface area contributed by atoms with Crippen LogP contribution in [0.1, 0.15) is 18.4 Å². The fraction of sp³-hybridized carbons (Fsp3) is 0.167. The molecule has 0 fully saturated rings. The summed E-state index contributed by atoms with van der Waals surface area (Å²) in [6.07, 6.45) is 0.414. The molecular formula is C24H22N2O3S2. The zero-order valence-electron chi connectivity index (χ0n) is 17.0. The molecule has 3 aromatic carbocycles. The molecule has 4 rings (SSSR count). The summed E-state index contributed by atoms with van der Waals surface area (Å²) in [5.74, 6) is -0.257. The third-order valence-electron chi connectivity index (χ3n) is 4.88. The number of anilines is 1. The summed E-state index contributed by atoms with van der Waals surface area (Å²) in [4.78, 5) is 17.2. The summed E-state index contributed by atoms with van der Waals surface area (Å²) in [5, 5.41) is 3.76. The largest absolute Gasteiger partial charge is 0.326 e. The van der Waals surface area contributed by atoms with Crippen molar-refractivity contribution in [3.63, 3.8) is 0 Å². The van der Waals surface area contributed by atoms with Crippen LogP contribution in [0.15, 0.2) is 77.7 Å². The highest BCUT2D eigenvalue weighted by atomic mass is 32.2. The van der Waals surface area contributed by atoms with Crippen molar-refractivity contribution in [1.82, 2.24) is 4.98 Å². The van der Waals surface area contributed by atoms with E-state index < -0.39 is 9.84 Å². The van der Waals surface area contributed by atoms with Crippen LogP contribution in [0.3, 0.4) is 0 Å². The number of hydrogen-bond donors (Lipinski definition) is 1. The summed E-state index contributed by atoms with van der Waals surface area (Å²) in [6, 6.07) is 22.0. The van der Waals surface area contributed by atoms with Crippen LogP contribution in [0.5, 0.6) is 0 Å². The zero-order chi connectivity index (χ0) is 21.8. The van der Waals surface area contributed by atoms with E-state index in [4.69, 9.17) is 0 Å². The minimum absolute atomic E-state index is 0.0551. The molecule has 0 unspecified atom stereocenters. The van der Waals surface area contributed by atoms with Crippen molar-refractivity contribution in [2.45, 2.75) is 24.7 Å². The SMILES string of the molecule is Cc1ccc2nc(-c3ccc(NC(=O)CCCS(=O)(=O)c4ccccc4)cc3)sc2c1. The zero-order valence-corrected chi connectivity index (χ0v) is 18.7. The predicted octanol–water partition coefficient (Wildman–Crippen LogP) is 5.46. The van der Waals surface area contributed by atoms with Gasteiger partial charge in [0.2, 0.25) is 5.91 Å². The summed E-state index contributed by atoms with van der Waals surface area (Å²) < 4.78 is 25.7. The van der Waals surface area contributed by atoms with E-state index in [2.05, 4.69) is 29.4 Å². The van der Waals surface area contributed by atoms with Gasteiger partial charge in [-0.05, 0) is 67.4 Å². The quantitative estimate of drug-likeness (QED) is 0.405. The first-order valence-corrected chi connectivity index (χ1v) is 12.4. The van der Waals surface area contributed by atoms with Crippen molar-refractivity contribution in [2.75, 3.05) is 11.1 Å². The molecule has 1 amide bonds. The normalized spacial score (nSPS) is 11.5. The van der Waals surface area contributed by atoms with Gasteiger partial charge in [0.15, 0.2) is 9.84 Å². The van der Waals surface area contributed by atoms with Crippen LogP contribution in [0.25, 0.3) is 20.8 Å². The summed E-state index contributed by atoms with van der Waals surface area (Å²) in [6.45, 7) is 2.06. The molecule has 0 bridgehead atoms. The number of aryl methyl sites for hydroxylation is 1. The highest BCUT2D eigenvalue weighted by molar-refractivity contribution is 7.91. The third kappa shape index (κ3) is 5.18. The second-order valence-corrected chi connectivity index (χ2v) is 10.5. The highest BCUT2D eigenvalue weighted by Gasteiger charge is 2.14. The Morgan fingerprint density at radius 3 is 2.48 bits per heavy atom. The molecule has 0 aliphatic heterocycles. The number of benzene rings is 3. The van der Waals surface area contributed by atoms with Crippen LogP contribution >= 0.6 is 11.3 Å². The molecule has 0 spiro atoms. The Morgan fingerprint density at radius 1 is 1.00 bits per heavy atom. The maximum absolute atomic E-state index is 12.3. The number of carbonyl (C=O) groups is 1. The number of nitrogens with one attached hydrogen (secondary N) is 1. The molecule has 7 heteroatoms. The van der Waals surface area contributed by atoms with E-state index in [1.54, 1.807) is 41.7 Å². The van der Waals surface area contributed by atoms with Crippen LogP contribution in [0.4, 0.5) is 5.69 Å². The molecule has 158 valence electrons. The van der Waals surface area contributed by atoms with Crippen molar-refractivity contribution in [3.8, 4) is 10.6 Å². The molecule has 0 atom stereocenters. The number of carbonyl (C=O) groups excluding carboxylic acids is 1. The number of aromatic nitrogens is 1. The average Bonchev–Trinajstić information content (AvgIpc) is 3.18. The molecular weight excluding hydrogens is 428 g/mol. The summed E-state index contributed by atoms with van der Waals surface area (Å²) in [7, 11) is -3.36. The van der Waals surface area contributed by atoms with Crippen LogP contribution in [-0.2, 0) is 14.6 Å². The van der Waals surface area contributed by atoms with E-state index in [0.29, 0.717) is 5.69 Å². The molecule has 0 saturated heterocycles. The van der Waals surface area contributed by atoms with Crippen molar-refractivity contribution >= 4 is 43.0 Å². The lowest BCUT2D eigenvalue weighted by atomic mass is 10.2. The first-order chi connectivity index (χ1) is 14.9. The maximum atomic E-state index is 12.3. The Morgan fingerprint density at radius 2 is 1.74 bits per heavy atom. The van der Waals surface area contributed by atoms with E-state index in [0.717, 1.165) is 20.8 Å². The van der Waals surface area contributed by atoms with Gasteiger partial charge in [-0.2, -0.15) is 0 Å². The van der Waals surface area contributed by atoms with Crippen LogP contribution < -0.4 is 5.32 Å². The van der Waals surface area contributed by atoms with E-state index >= 15 is 0 Å². The Balaban J connectivity index is 1.33. The van der Waals surface area contributed by atoms with Crippen molar-refractivity contribution < 1.29 is 13.2 Å². The predicted molar refractivity (Wildman–Crippen MR) is 126 cm³/mol. The number of nitrogens with zero attached hydrogens (tertiary/aromatic N) is 1. The topological polar surface area (TPSA) is 76.1 Å². The second kappa shape index (κ2) is 8.99. The van der Waals surface area contributed by atoms with Gasteiger partial charge >= 0.3 is 0 Å². The Kier molecular flexibility index (Phi) is 6.15. The monoisotopic (exact) mass is 450 g/mol. The average molecular weight is 451 g/mol. The minimum Gasteiger partial charge on any atom is -0.326 e. The molecule has 0 aliphatic rings. The lowest BCUT2D eigenvalue weighted by molar-refractivity contribution is -0.116. The van der Waals surface area contributed by atoms with Gasteiger partial charge in [-0.1, -0.05) is 24.3 Å². The molecule has 0 radical (unpaired) electrons. The molecule has 5 nitrogen and oxygen atoms in total. The lowest BCUT2D eigenvalue weighted by Gasteiger charge is -2.07. The van der Waals surface area contributed by atoms with Gasteiger partial charge in [0, 0.05) is 17.7 Å². The van der Waals surface area contributed by atoms with Crippen molar-refractivity contribution in [2.24, 2.45) is 0 Å². The van der Waals surface area contributed by atoms with Gasteiger partial charge in [-0.3, -0.25) is 4.79 Å². The molecule has 1 N–H and O–H groups in total. The standard InChI is InChI=1S/C24H22N2O3S2/c1-17-9-14-21-22(16-17)30-24(26-21)18-10-12-19(13-11-18)25-23(27)8-5-15-31(28,29)20-6-3-2-4-7-20/h2-4,6-7,9-14,16H,5,8,15H2,1H3,(H,25,27). The van der Waals surface area contributed by atoms with Crippen molar-refractivity contribution in [3.05, 3.63) is 78.4 Å². The molecule has 1 heterocycles. The fourth-order valence-electron chi connectivity index (χ4n) is 3.24. The van der Waals surface area contributed by atoms with E-state index in [1.807, 2.05) is 30.3 Å². The number of amides is 1. The van der Waals surface area contributed by atoms with E-state index in [-0.39, 0.29) is 29.4 Å². The Bertz CT molecular complexity index is 1310. The van der Waals surface area contributed by atoms with Gasteiger partial charge in [-0.15, -0.1) is 11.3 Å². The molecule has 0 saturated carbocycles. The van der Waals surface area contributed by atoms with Gasteiger partial charge < -0.3 is 5.32 Å². The molecule has 31 heavy (non-hydrogen) atoms. The minimum atomic E-state index is -3.36. The number of hydrogen-bond acceptors (Lipinski definition) is 5. The van der Waals surface area contributed by atoms with Crippen LogP contribution in [-0.4, -0.2) is 25.1 Å². The maximum Gasteiger partial charge on any atom is 0.224 e. The van der Waals surface area contributed by atoms with E-state index in [9.17, 15) is 13.2 Å². The van der Waals surface area contributed by atoms with E-state index in [1.165, 1.54) is 5.56 Å². The van der Waals surface area contributed by atoms with Gasteiger partial charge in [-0.25, -0.2) is 13.4 Å². The van der Waals surface area contributed by atoms with Gasteiger partial charge in [0.25, 0.3) is 0 Å². The molecule has 1 aromatic heterocycles. The first kappa shape index (κ1) is 21.2. The smallest absolute Gasteiger partial charge is 0.224 e. The summed E-state index contributed by atoms with van der Waals surface area (Å²) in [5.41, 5.74) is 3.85. The van der Waals surface area contributed by atoms with Gasteiger partial charge in [0.05, 0.1) is 20.9 Å². The number of thiazole rings is 1. The fourth-order valence-corrected chi connectivity index (χ4v) is 5.64. The number of fused-ring (bicyclic) bond motifs is 1. The molecule has 0 aliphatic carbocycles. The number of rotatable bonds is 7. The summed E-state index contributed by atoms with van der Waals surface area (Å²) >= 11 is 1.64. The van der Waals surface area contributed by atoms with Crippen LogP contribution in [0.2, 0.25) is 0 Å². The Labute approximate surface area is 185 Å².